The van der Waals surface area contributed by atoms with Crippen molar-refractivity contribution in [1.82, 2.24) is 21.3 Å². The average molecular weight is 605 g/mol. The molecule has 4 amide bonds. The smallest absolute Gasteiger partial charge is 0.315 e. The second kappa shape index (κ2) is 16.4. The van der Waals surface area contributed by atoms with Gasteiger partial charge in [-0.2, -0.15) is 0 Å². The van der Waals surface area contributed by atoms with Crippen molar-refractivity contribution in [2.24, 2.45) is 5.92 Å². The third kappa shape index (κ3) is 8.90. The number of amides is 4. The third-order valence-electron chi connectivity index (χ3n) is 8.50. The standard InChI is InChI=1S/C34H44N4O6/c39-31(12-6-3-7-24-13-14-30-33(24)38-34(41)37-30)35-15-17-42-19-20-43-18-16-36-32(40)23-44-22-29-27-10-4-1-8-25(27)21-26-9-2-5-11-28(26)29/h1-2,4-5,8-11,21,24,30,33H,3,6-7,12-20,22-23H2,(H,35,39)(H,36,40)(H2,37,38,41). The van der Waals surface area contributed by atoms with E-state index in [9.17, 15) is 14.4 Å². The molecule has 1 saturated heterocycles. The van der Waals surface area contributed by atoms with E-state index in [1.165, 1.54) is 0 Å². The van der Waals surface area contributed by atoms with Crippen LogP contribution in [-0.2, 0) is 30.4 Å². The van der Waals surface area contributed by atoms with Gasteiger partial charge < -0.3 is 35.5 Å². The number of benzene rings is 3. The topological polar surface area (TPSA) is 127 Å². The van der Waals surface area contributed by atoms with Gasteiger partial charge in [0, 0.05) is 19.5 Å². The molecule has 3 unspecified atom stereocenters. The summed E-state index contributed by atoms with van der Waals surface area (Å²) in [4.78, 5) is 35.8. The van der Waals surface area contributed by atoms with E-state index in [-0.39, 0.29) is 36.5 Å². The fourth-order valence-corrected chi connectivity index (χ4v) is 6.34. The van der Waals surface area contributed by atoms with Crippen LogP contribution in [0.5, 0.6) is 0 Å². The number of urea groups is 1. The van der Waals surface area contributed by atoms with Crippen LogP contribution in [0.25, 0.3) is 21.5 Å². The minimum Gasteiger partial charge on any atom is -0.377 e. The predicted molar refractivity (Wildman–Crippen MR) is 169 cm³/mol. The Balaban J connectivity index is 0.839. The van der Waals surface area contributed by atoms with Gasteiger partial charge in [-0.05, 0) is 64.8 Å². The predicted octanol–water partition coefficient (Wildman–Crippen LogP) is 3.80. The molecular formula is C34H44N4O6. The number of rotatable bonds is 18. The van der Waals surface area contributed by atoms with Crippen LogP contribution in [0, 0.1) is 5.92 Å². The lowest BCUT2D eigenvalue weighted by molar-refractivity contribution is -0.126. The molecule has 1 aliphatic heterocycles. The zero-order chi connectivity index (χ0) is 30.6. The molecule has 4 N–H and O–H groups in total. The minimum atomic E-state index is -0.183. The van der Waals surface area contributed by atoms with E-state index in [0.29, 0.717) is 58.5 Å². The average Bonchev–Trinajstić information content (AvgIpc) is 3.58. The first-order valence-electron chi connectivity index (χ1n) is 15.8. The zero-order valence-corrected chi connectivity index (χ0v) is 25.3. The third-order valence-corrected chi connectivity index (χ3v) is 8.50. The van der Waals surface area contributed by atoms with Gasteiger partial charge in [0.25, 0.3) is 0 Å². The van der Waals surface area contributed by atoms with Crippen molar-refractivity contribution in [3.05, 3.63) is 60.2 Å². The SMILES string of the molecule is O=C(CCCCC1CCC2NC(=O)NC12)NCCOCCOCCNC(=O)COCc1c2ccccc2cc2ccccc12. The van der Waals surface area contributed by atoms with Crippen LogP contribution in [0.3, 0.4) is 0 Å². The van der Waals surface area contributed by atoms with Crippen molar-refractivity contribution in [2.45, 2.75) is 57.2 Å². The number of nitrogens with one attached hydrogen (secondary N) is 4. The van der Waals surface area contributed by atoms with Gasteiger partial charge in [0.2, 0.25) is 11.8 Å². The lowest BCUT2D eigenvalue weighted by atomic mass is 9.96. The van der Waals surface area contributed by atoms with Crippen LogP contribution < -0.4 is 21.3 Å². The van der Waals surface area contributed by atoms with E-state index in [1.807, 2.05) is 24.3 Å². The second-order valence-corrected chi connectivity index (χ2v) is 11.5. The van der Waals surface area contributed by atoms with Crippen molar-refractivity contribution in [1.29, 1.82) is 0 Å². The first-order chi connectivity index (χ1) is 21.6. The van der Waals surface area contributed by atoms with Crippen molar-refractivity contribution >= 4 is 39.4 Å². The quantitative estimate of drug-likeness (QED) is 0.129. The molecule has 0 spiro atoms. The molecule has 3 aromatic rings. The van der Waals surface area contributed by atoms with E-state index in [0.717, 1.165) is 59.2 Å². The van der Waals surface area contributed by atoms with Gasteiger partial charge in [0.15, 0.2) is 0 Å². The Labute approximate surface area is 258 Å². The highest BCUT2D eigenvalue weighted by Crippen LogP contribution is 2.32. The molecular weight excluding hydrogens is 560 g/mol. The Bertz CT molecular complexity index is 1360. The molecule has 1 heterocycles. The lowest BCUT2D eigenvalue weighted by Crippen LogP contribution is -2.33. The summed E-state index contributed by atoms with van der Waals surface area (Å²) in [6, 6.07) is 19.1. The number of fused-ring (bicyclic) bond motifs is 3. The summed E-state index contributed by atoms with van der Waals surface area (Å²) < 4.78 is 16.8. The number of carbonyl (C=O) groups is 3. The molecule has 10 nitrogen and oxygen atoms in total. The van der Waals surface area contributed by atoms with Gasteiger partial charge in [-0.3, -0.25) is 9.59 Å². The number of hydrogen-bond acceptors (Lipinski definition) is 6. The molecule has 5 rings (SSSR count). The highest BCUT2D eigenvalue weighted by atomic mass is 16.5. The van der Waals surface area contributed by atoms with Crippen LogP contribution in [-0.4, -0.2) is 76.1 Å². The van der Waals surface area contributed by atoms with Crippen LogP contribution in [0.1, 0.15) is 44.1 Å². The highest BCUT2D eigenvalue weighted by molar-refractivity contribution is 6.02. The summed E-state index contributed by atoms with van der Waals surface area (Å²) >= 11 is 0. The number of unbranched alkanes of at least 4 members (excludes halogenated alkanes) is 1. The van der Waals surface area contributed by atoms with Gasteiger partial charge in [-0.1, -0.05) is 55.0 Å². The van der Waals surface area contributed by atoms with Crippen molar-refractivity contribution in [3.8, 4) is 0 Å². The maximum atomic E-state index is 12.2. The van der Waals surface area contributed by atoms with Gasteiger partial charge in [0.1, 0.15) is 6.61 Å². The zero-order valence-electron chi connectivity index (χ0n) is 25.3. The number of hydrogen-bond donors (Lipinski definition) is 4. The van der Waals surface area contributed by atoms with E-state index in [4.69, 9.17) is 14.2 Å². The summed E-state index contributed by atoms with van der Waals surface area (Å²) in [5.41, 5.74) is 1.09. The Morgan fingerprint density at radius 1 is 0.773 bits per heavy atom. The normalized spacial score (nSPS) is 19.1. The number of carbonyl (C=O) groups excluding carboxylic acids is 3. The maximum absolute atomic E-state index is 12.2. The van der Waals surface area contributed by atoms with Gasteiger partial charge in [-0.25, -0.2) is 4.79 Å². The first kappa shape index (κ1) is 31.7. The van der Waals surface area contributed by atoms with Crippen molar-refractivity contribution in [2.75, 3.05) is 46.1 Å². The van der Waals surface area contributed by atoms with E-state index < -0.39 is 0 Å². The molecule has 1 saturated carbocycles. The Kier molecular flexibility index (Phi) is 11.8. The van der Waals surface area contributed by atoms with E-state index in [1.54, 1.807) is 0 Å². The summed E-state index contributed by atoms with van der Waals surface area (Å²) in [6.45, 7) is 2.82. The molecule has 44 heavy (non-hydrogen) atoms. The van der Waals surface area contributed by atoms with Gasteiger partial charge in [-0.15, -0.1) is 0 Å². The molecule has 236 valence electrons. The van der Waals surface area contributed by atoms with Crippen LogP contribution in [0.2, 0.25) is 0 Å². The van der Waals surface area contributed by atoms with E-state index >= 15 is 0 Å². The second-order valence-electron chi connectivity index (χ2n) is 11.5. The van der Waals surface area contributed by atoms with E-state index in [2.05, 4.69) is 51.6 Å². The highest BCUT2D eigenvalue weighted by Gasteiger charge is 2.41. The van der Waals surface area contributed by atoms with Crippen molar-refractivity contribution in [3.63, 3.8) is 0 Å². The first-order valence-corrected chi connectivity index (χ1v) is 15.8. The summed E-state index contributed by atoms with van der Waals surface area (Å²) in [6.07, 6.45) is 5.55. The lowest BCUT2D eigenvalue weighted by Gasteiger charge is -2.17. The van der Waals surface area contributed by atoms with Gasteiger partial charge >= 0.3 is 6.03 Å². The molecule has 0 radical (unpaired) electrons. The molecule has 3 atom stereocenters. The Hall–Kier alpha value is -3.73. The fraction of sp³-hybridized carbons (Fsp3) is 0.500. The van der Waals surface area contributed by atoms with Crippen molar-refractivity contribution < 1.29 is 28.6 Å². The van der Waals surface area contributed by atoms with Crippen LogP contribution in [0.4, 0.5) is 4.79 Å². The molecule has 2 aliphatic rings. The molecule has 3 aromatic carbocycles. The summed E-state index contributed by atoms with van der Waals surface area (Å²) in [7, 11) is 0. The molecule has 10 heteroatoms. The fourth-order valence-electron chi connectivity index (χ4n) is 6.34. The Morgan fingerprint density at radius 2 is 1.43 bits per heavy atom. The maximum Gasteiger partial charge on any atom is 0.315 e. The largest absolute Gasteiger partial charge is 0.377 e. The van der Waals surface area contributed by atoms with Crippen LogP contribution in [0.15, 0.2) is 54.6 Å². The van der Waals surface area contributed by atoms with Crippen LogP contribution >= 0.6 is 0 Å². The minimum absolute atomic E-state index is 0.0227. The Morgan fingerprint density at radius 3 is 2.14 bits per heavy atom. The van der Waals surface area contributed by atoms with Gasteiger partial charge in [0.05, 0.1) is 45.1 Å². The molecule has 1 aliphatic carbocycles. The number of ether oxygens (including phenoxy) is 3. The molecule has 2 fully saturated rings. The summed E-state index contributed by atoms with van der Waals surface area (Å²) in [5.74, 6) is 0.364. The monoisotopic (exact) mass is 604 g/mol. The molecule has 0 bridgehead atoms. The summed E-state index contributed by atoms with van der Waals surface area (Å²) in [5, 5.41) is 16.3. The molecule has 0 aromatic heterocycles.